The Hall–Kier alpha value is -2.71. The summed E-state index contributed by atoms with van der Waals surface area (Å²) in [6.07, 6.45) is 0.616. The van der Waals surface area contributed by atoms with Crippen LogP contribution in [0.3, 0.4) is 0 Å². The Labute approximate surface area is 158 Å². The third-order valence-corrected chi connectivity index (χ3v) is 5.69. The van der Waals surface area contributed by atoms with Gasteiger partial charge in [-0.25, -0.2) is 13.1 Å². The average molecular weight is 387 g/mol. The zero-order valence-corrected chi connectivity index (χ0v) is 16.2. The highest BCUT2D eigenvalue weighted by atomic mass is 32.2. The van der Waals surface area contributed by atoms with E-state index in [1.807, 2.05) is 25.1 Å². The Kier molecular flexibility index (Phi) is 5.57. The molecular formula is C19H21N3O4S. The molecule has 0 atom stereocenters. The normalized spacial score (nSPS) is 11.5. The van der Waals surface area contributed by atoms with Gasteiger partial charge in [-0.3, -0.25) is 0 Å². The van der Waals surface area contributed by atoms with E-state index in [0.29, 0.717) is 35.0 Å². The number of hydrogen-bond acceptors (Lipinski definition) is 6. The molecule has 2 aromatic carbocycles. The molecule has 1 N–H and O–H groups in total. The SMILES string of the molecule is CCc1nc(-c2ccc(C)c(S(=O)(=O)NCc3ccccc3OC)c2)no1. The van der Waals surface area contributed by atoms with E-state index >= 15 is 0 Å². The molecule has 0 aliphatic heterocycles. The molecule has 3 aromatic rings. The second kappa shape index (κ2) is 7.89. The van der Waals surface area contributed by atoms with E-state index in [2.05, 4.69) is 14.9 Å². The first-order valence-electron chi connectivity index (χ1n) is 8.49. The molecule has 0 spiro atoms. The van der Waals surface area contributed by atoms with Gasteiger partial charge in [0.15, 0.2) is 0 Å². The summed E-state index contributed by atoms with van der Waals surface area (Å²) in [5, 5.41) is 3.91. The Balaban J connectivity index is 1.88. The lowest BCUT2D eigenvalue weighted by Gasteiger charge is -2.12. The number of sulfonamides is 1. The molecule has 142 valence electrons. The van der Waals surface area contributed by atoms with Gasteiger partial charge in [0, 0.05) is 24.1 Å². The number of hydrogen-bond donors (Lipinski definition) is 1. The van der Waals surface area contributed by atoms with Crippen LogP contribution in [0.1, 0.15) is 23.9 Å². The number of aromatic nitrogens is 2. The average Bonchev–Trinajstić information content (AvgIpc) is 3.16. The molecule has 7 nitrogen and oxygen atoms in total. The van der Waals surface area contributed by atoms with Crippen LogP contribution in [0.15, 0.2) is 51.9 Å². The van der Waals surface area contributed by atoms with E-state index in [1.54, 1.807) is 38.3 Å². The molecular weight excluding hydrogens is 366 g/mol. The predicted octanol–water partition coefficient (Wildman–Crippen LogP) is 3.09. The van der Waals surface area contributed by atoms with Crippen LogP contribution >= 0.6 is 0 Å². The summed E-state index contributed by atoms with van der Waals surface area (Å²) >= 11 is 0. The summed E-state index contributed by atoms with van der Waals surface area (Å²) in [5.41, 5.74) is 1.97. The highest BCUT2D eigenvalue weighted by molar-refractivity contribution is 7.89. The van der Waals surface area contributed by atoms with E-state index in [0.717, 1.165) is 5.56 Å². The van der Waals surface area contributed by atoms with Crippen molar-refractivity contribution in [3.8, 4) is 17.1 Å². The van der Waals surface area contributed by atoms with Gasteiger partial charge < -0.3 is 9.26 Å². The minimum atomic E-state index is -3.74. The lowest BCUT2D eigenvalue weighted by atomic mass is 10.1. The van der Waals surface area contributed by atoms with Gasteiger partial charge in [-0.1, -0.05) is 42.4 Å². The van der Waals surface area contributed by atoms with Crippen molar-refractivity contribution >= 4 is 10.0 Å². The summed E-state index contributed by atoms with van der Waals surface area (Å²) < 4.78 is 38.7. The number of nitrogens with one attached hydrogen (secondary N) is 1. The quantitative estimate of drug-likeness (QED) is 0.669. The van der Waals surface area contributed by atoms with Crippen molar-refractivity contribution in [2.45, 2.75) is 31.7 Å². The van der Waals surface area contributed by atoms with E-state index in [1.165, 1.54) is 0 Å². The van der Waals surface area contributed by atoms with Crippen molar-refractivity contribution in [2.24, 2.45) is 0 Å². The molecule has 27 heavy (non-hydrogen) atoms. The number of benzene rings is 2. The van der Waals surface area contributed by atoms with Crippen LogP contribution in [0, 0.1) is 6.92 Å². The second-order valence-electron chi connectivity index (χ2n) is 5.98. The van der Waals surface area contributed by atoms with Crippen molar-refractivity contribution in [2.75, 3.05) is 7.11 Å². The van der Waals surface area contributed by atoms with E-state index < -0.39 is 10.0 Å². The number of rotatable bonds is 7. The number of methoxy groups -OCH3 is 1. The third-order valence-electron chi connectivity index (χ3n) is 4.15. The third kappa shape index (κ3) is 4.17. The first-order valence-corrected chi connectivity index (χ1v) is 9.98. The maximum Gasteiger partial charge on any atom is 0.241 e. The topological polar surface area (TPSA) is 94.3 Å². The van der Waals surface area contributed by atoms with Crippen molar-refractivity contribution in [3.63, 3.8) is 0 Å². The zero-order chi connectivity index (χ0) is 19.4. The molecule has 0 saturated carbocycles. The first-order chi connectivity index (χ1) is 12.9. The van der Waals surface area contributed by atoms with Gasteiger partial charge in [-0.2, -0.15) is 4.98 Å². The van der Waals surface area contributed by atoms with Crippen LogP contribution in [0.2, 0.25) is 0 Å². The summed E-state index contributed by atoms with van der Waals surface area (Å²) in [6.45, 7) is 3.78. The highest BCUT2D eigenvalue weighted by Gasteiger charge is 2.19. The minimum absolute atomic E-state index is 0.123. The van der Waals surface area contributed by atoms with Crippen molar-refractivity contribution < 1.29 is 17.7 Å². The van der Waals surface area contributed by atoms with Crippen LogP contribution in [-0.4, -0.2) is 25.7 Å². The lowest BCUT2D eigenvalue weighted by Crippen LogP contribution is -2.24. The van der Waals surface area contributed by atoms with E-state index in [9.17, 15) is 8.42 Å². The van der Waals surface area contributed by atoms with Crippen LogP contribution in [-0.2, 0) is 23.0 Å². The molecule has 1 aromatic heterocycles. The fourth-order valence-electron chi connectivity index (χ4n) is 2.64. The zero-order valence-electron chi connectivity index (χ0n) is 15.4. The number of para-hydroxylation sites is 1. The molecule has 0 amide bonds. The number of nitrogens with zero attached hydrogens (tertiary/aromatic N) is 2. The fourth-order valence-corrected chi connectivity index (χ4v) is 3.92. The van der Waals surface area contributed by atoms with Crippen molar-refractivity contribution in [3.05, 3.63) is 59.5 Å². The molecule has 0 fully saturated rings. The predicted molar refractivity (Wildman–Crippen MR) is 101 cm³/mol. The summed E-state index contributed by atoms with van der Waals surface area (Å²) in [4.78, 5) is 4.44. The Morgan fingerprint density at radius 2 is 1.96 bits per heavy atom. The second-order valence-corrected chi connectivity index (χ2v) is 7.72. The van der Waals surface area contributed by atoms with Crippen LogP contribution < -0.4 is 9.46 Å². The standard InChI is InChI=1S/C19H21N3O4S/c1-4-18-21-19(22-26-18)14-10-9-13(2)17(11-14)27(23,24)20-12-15-7-5-6-8-16(15)25-3/h5-11,20H,4,12H2,1-3H3. The lowest BCUT2D eigenvalue weighted by molar-refractivity contribution is 0.383. The molecule has 0 aliphatic carbocycles. The largest absolute Gasteiger partial charge is 0.496 e. The van der Waals surface area contributed by atoms with E-state index in [4.69, 9.17) is 9.26 Å². The minimum Gasteiger partial charge on any atom is -0.496 e. The Morgan fingerprint density at radius 3 is 2.67 bits per heavy atom. The van der Waals surface area contributed by atoms with Crippen LogP contribution in [0.25, 0.3) is 11.4 Å². The summed E-state index contributed by atoms with van der Waals surface area (Å²) in [5.74, 6) is 1.50. The fraction of sp³-hybridized carbons (Fsp3) is 0.263. The molecule has 0 aliphatic rings. The number of aryl methyl sites for hydroxylation is 2. The Bertz CT molecular complexity index is 1040. The van der Waals surface area contributed by atoms with Gasteiger partial charge in [0.05, 0.1) is 12.0 Å². The molecule has 3 rings (SSSR count). The molecule has 0 saturated heterocycles. The molecule has 0 radical (unpaired) electrons. The van der Waals surface area contributed by atoms with Crippen LogP contribution in [0.4, 0.5) is 0 Å². The molecule has 8 heteroatoms. The smallest absolute Gasteiger partial charge is 0.241 e. The van der Waals surface area contributed by atoms with Crippen molar-refractivity contribution in [1.82, 2.24) is 14.9 Å². The molecule has 0 unspecified atom stereocenters. The maximum atomic E-state index is 12.9. The Morgan fingerprint density at radius 1 is 1.19 bits per heavy atom. The number of ether oxygens (including phenoxy) is 1. The first kappa shape index (κ1) is 19.1. The van der Waals surface area contributed by atoms with E-state index in [-0.39, 0.29) is 11.4 Å². The van der Waals surface area contributed by atoms with Gasteiger partial charge in [-0.05, 0) is 24.6 Å². The van der Waals surface area contributed by atoms with Gasteiger partial charge in [-0.15, -0.1) is 0 Å². The van der Waals surface area contributed by atoms with Gasteiger partial charge in [0.2, 0.25) is 21.7 Å². The van der Waals surface area contributed by atoms with Gasteiger partial charge in [0.25, 0.3) is 0 Å². The molecule has 1 heterocycles. The molecule has 0 bridgehead atoms. The highest BCUT2D eigenvalue weighted by Crippen LogP contribution is 2.24. The van der Waals surface area contributed by atoms with Crippen LogP contribution in [0.5, 0.6) is 5.75 Å². The van der Waals surface area contributed by atoms with Gasteiger partial charge in [0.1, 0.15) is 5.75 Å². The summed E-state index contributed by atoms with van der Waals surface area (Å²) in [7, 11) is -2.18. The maximum absolute atomic E-state index is 12.9. The summed E-state index contributed by atoms with van der Waals surface area (Å²) in [6, 6.07) is 12.3. The van der Waals surface area contributed by atoms with Gasteiger partial charge >= 0.3 is 0 Å². The van der Waals surface area contributed by atoms with Crippen molar-refractivity contribution in [1.29, 1.82) is 0 Å². The monoisotopic (exact) mass is 387 g/mol.